The molecule has 2 aliphatic heterocycles. The van der Waals surface area contributed by atoms with E-state index in [0.29, 0.717) is 13.2 Å². The quantitative estimate of drug-likeness (QED) is 0.825. The van der Waals surface area contributed by atoms with Crippen molar-refractivity contribution >= 4 is 0 Å². The second kappa shape index (κ2) is 6.99. The smallest absolute Gasteiger partial charge is 0.129 e. The Hall–Kier alpha value is -2.36. The first-order valence-electron chi connectivity index (χ1n) is 9.89. The fraction of sp³-hybridized carbons (Fsp3) is 0.478. The van der Waals surface area contributed by atoms with Crippen molar-refractivity contribution in [3.8, 4) is 23.0 Å². The van der Waals surface area contributed by atoms with Gasteiger partial charge in [-0.1, -0.05) is 19.1 Å². The molecule has 2 aromatic carbocycles. The average molecular weight is 368 g/mol. The summed E-state index contributed by atoms with van der Waals surface area (Å²) in [6.45, 7) is 7.60. The van der Waals surface area contributed by atoms with Crippen molar-refractivity contribution in [2.24, 2.45) is 0 Å². The van der Waals surface area contributed by atoms with Gasteiger partial charge in [0.2, 0.25) is 0 Å². The van der Waals surface area contributed by atoms with Gasteiger partial charge in [-0.25, -0.2) is 0 Å². The van der Waals surface area contributed by atoms with E-state index in [1.54, 1.807) is 12.1 Å². The van der Waals surface area contributed by atoms with Gasteiger partial charge in [0, 0.05) is 23.1 Å². The minimum absolute atomic E-state index is 0.115. The molecular formula is C23H28O4. The lowest BCUT2D eigenvalue weighted by Gasteiger charge is -2.36. The zero-order valence-electron chi connectivity index (χ0n) is 16.4. The van der Waals surface area contributed by atoms with Crippen LogP contribution in [-0.2, 0) is 12.8 Å². The van der Waals surface area contributed by atoms with Crippen LogP contribution < -0.4 is 14.2 Å². The molecule has 0 radical (unpaired) electrons. The van der Waals surface area contributed by atoms with Gasteiger partial charge in [0.15, 0.2) is 0 Å². The number of fused-ring (bicyclic) bond motifs is 3. The van der Waals surface area contributed by atoms with Crippen molar-refractivity contribution in [3.63, 3.8) is 0 Å². The number of phenolic OH excluding ortho intramolecular Hbond substituents is 1. The monoisotopic (exact) mass is 368 g/mol. The second-order valence-electron chi connectivity index (χ2n) is 8.17. The molecule has 2 aromatic rings. The molecule has 0 amide bonds. The van der Waals surface area contributed by atoms with Gasteiger partial charge in [0.25, 0.3) is 0 Å². The Morgan fingerprint density at radius 1 is 1.22 bits per heavy atom. The maximum atomic E-state index is 9.84. The van der Waals surface area contributed by atoms with Gasteiger partial charge in [-0.3, -0.25) is 0 Å². The number of phenols is 1. The van der Waals surface area contributed by atoms with Gasteiger partial charge in [-0.2, -0.15) is 0 Å². The lowest BCUT2D eigenvalue weighted by molar-refractivity contribution is 0.0826. The molecule has 0 aliphatic carbocycles. The van der Waals surface area contributed by atoms with Crippen LogP contribution in [0.15, 0.2) is 30.3 Å². The molecule has 1 unspecified atom stereocenters. The fourth-order valence-electron chi connectivity index (χ4n) is 4.01. The molecule has 0 saturated heterocycles. The molecule has 0 saturated carbocycles. The molecule has 4 nitrogen and oxygen atoms in total. The van der Waals surface area contributed by atoms with E-state index in [0.717, 1.165) is 48.5 Å². The fourth-order valence-corrected chi connectivity index (χ4v) is 4.01. The van der Waals surface area contributed by atoms with Gasteiger partial charge >= 0.3 is 0 Å². The Labute approximate surface area is 161 Å². The summed E-state index contributed by atoms with van der Waals surface area (Å²) >= 11 is 0. The van der Waals surface area contributed by atoms with Crippen LogP contribution in [0.1, 0.15) is 56.2 Å². The van der Waals surface area contributed by atoms with Gasteiger partial charge in [0.05, 0.1) is 13.2 Å². The Balaban J connectivity index is 1.61. The van der Waals surface area contributed by atoms with Gasteiger partial charge < -0.3 is 19.3 Å². The van der Waals surface area contributed by atoms with Crippen LogP contribution in [0.2, 0.25) is 0 Å². The van der Waals surface area contributed by atoms with Gasteiger partial charge in [-0.05, 0) is 57.2 Å². The summed E-state index contributed by atoms with van der Waals surface area (Å²) in [4.78, 5) is 0. The first-order valence-corrected chi connectivity index (χ1v) is 9.89. The van der Waals surface area contributed by atoms with Crippen molar-refractivity contribution in [2.45, 2.75) is 58.0 Å². The zero-order chi connectivity index (χ0) is 19.0. The van der Waals surface area contributed by atoms with Crippen LogP contribution in [0.25, 0.3) is 0 Å². The predicted octanol–water partition coefficient (Wildman–Crippen LogP) is 5.00. The average Bonchev–Trinajstić information content (AvgIpc) is 2.65. The minimum Gasteiger partial charge on any atom is -0.508 e. The van der Waals surface area contributed by atoms with Gasteiger partial charge in [-0.15, -0.1) is 0 Å². The van der Waals surface area contributed by atoms with E-state index >= 15 is 0 Å². The van der Waals surface area contributed by atoms with Crippen molar-refractivity contribution in [3.05, 3.63) is 47.0 Å². The molecule has 0 aromatic heterocycles. The molecule has 2 aliphatic rings. The second-order valence-corrected chi connectivity index (χ2v) is 8.17. The number of hydrogen-bond donors (Lipinski definition) is 1. The summed E-state index contributed by atoms with van der Waals surface area (Å²) in [5.41, 5.74) is 3.42. The summed E-state index contributed by atoms with van der Waals surface area (Å²) in [5, 5.41) is 9.84. The molecule has 4 rings (SSSR count). The highest BCUT2D eigenvalue weighted by atomic mass is 16.5. The first kappa shape index (κ1) is 18.0. The van der Waals surface area contributed by atoms with Crippen LogP contribution in [-0.4, -0.2) is 23.9 Å². The zero-order valence-corrected chi connectivity index (χ0v) is 16.4. The van der Waals surface area contributed by atoms with Crippen molar-refractivity contribution in [2.75, 3.05) is 13.2 Å². The molecule has 4 heteroatoms. The molecule has 2 heterocycles. The Bertz CT molecular complexity index is 841. The van der Waals surface area contributed by atoms with E-state index < -0.39 is 0 Å². The topological polar surface area (TPSA) is 47.9 Å². The third kappa shape index (κ3) is 3.58. The number of benzene rings is 2. The third-order valence-corrected chi connectivity index (χ3v) is 5.46. The summed E-state index contributed by atoms with van der Waals surface area (Å²) in [7, 11) is 0. The summed E-state index contributed by atoms with van der Waals surface area (Å²) < 4.78 is 18.3. The molecule has 1 N–H and O–H groups in total. The maximum Gasteiger partial charge on any atom is 0.129 e. The summed E-state index contributed by atoms with van der Waals surface area (Å²) in [5.74, 6) is 3.17. The van der Waals surface area contributed by atoms with E-state index in [2.05, 4.69) is 32.9 Å². The first-order chi connectivity index (χ1) is 13.0. The number of rotatable bonds is 4. The number of aromatic hydroxyl groups is 1. The molecule has 144 valence electrons. The maximum absolute atomic E-state index is 9.84. The number of hydrogen-bond acceptors (Lipinski definition) is 4. The Kier molecular flexibility index (Phi) is 4.67. The molecule has 1 atom stereocenters. The van der Waals surface area contributed by atoms with Crippen molar-refractivity contribution in [1.82, 2.24) is 0 Å². The normalized spacial score (nSPS) is 20.0. The van der Waals surface area contributed by atoms with Crippen molar-refractivity contribution in [1.29, 1.82) is 0 Å². The van der Waals surface area contributed by atoms with E-state index in [-0.39, 0.29) is 17.3 Å². The van der Waals surface area contributed by atoms with E-state index in [4.69, 9.17) is 14.2 Å². The van der Waals surface area contributed by atoms with Crippen LogP contribution in [0.3, 0.4) is 0 Å². The Morgan fingerprint density at radius 2 is 2.07 bits per heavy atom. The highest BCUT2D eigenvalue weighted by molar-refractivity contribution is 5.54. The summed E-state index contributed by atoms with van der Waals surface area (Å²) in [6.07, 6.45) is 3.82. The molecule has 0 bridgehead atoms. The minimum atomic E-state index is -0.115. The predicted molar refractivity (Wildman–Crippen MR) is 105 cm³/mol. The standard InChI is InChI=1S/C23H28O4/c1-4-11-25-21-13-17(24)6-7-18(21)16-12-15-5-8-20-19(22(15)26-14-16)9-10-23(2,3)27-20/h5-8,13,16,24H,4,9-12,14H2,1-3H3. The third-order valence-electron chi connectivity index (χ3n) is 5.46. The Morgan fingerprint density at radius 3 is 2.89 bits per heavy atom. The SMILES string of the molecule is CCCOc1cc(O)ccc1C1COc2c(ccc3c2CCC(C)(C)O3)C1. The molecule has 0 spiro atoms. The van der Waals surface area contributed by atoms with Gasteiger partial charge in [0.1, 0.15) is 28.6 Å². The van der Waals surface area contributed by atoms with E-state index in [1.165, 1.54) is 11.1 Å². The molecular weight excluding hydrogens is 340 g/mol. The lowest BCUT2D eigenvalue weighted by atomic mass is 9.86. The van der Waals surface area contributed by atoms with E-state index in [1.807, 2.05) is 6.07 Å². The van der Waals surface area contributed by atoms with Crippen LogP contribution >= 0.6 is 0 Å². The summed E-state index contributed by atoms with van der Waals surface area (Å²) in [6, 6.07) is 9.62. The van der Waals surface area contributed by atoms with Crippen LogP contribution in [0, 0.1) is 0 Å². The van der Waals surface area contributed by atoms with Crippen molar-refractivity contribution < 1.29 is 19.3 Å². The highest BCUT2D eigenvalue weighted by Gasteiger charge is 2.32. The molecule has 0 fully saturated rings. The van der Waals surface area contributed by atoms with Crippen LogP contribution in [0.5, 0.6) is 23.0 Å². The lowest BCUT2D eigenvalue weighted by Crippen LogP contribution is -2.33. The van der Waals surface area contributed by atoms with E-state index in [9.17, 15) is 5.11 Å². The van der Waals surface area contributed by atoms with Crippen LogP contribution in [0.4, 0.5) is 0 Å². The molecule has 27 heavy (non-hydrogen) atoms. The largest absolute Gasteiger partial charge is 0.508 e. The number of ether oxygens (including phenoxy) is 3. The highest BCUT2D eigenvalue weighted by Crippen LogP contribution is 2.45.